The molecule has 19 heavy (non-hydrogen) atoms. The fraction of sp³-hybridized carbons (Fsp3) is 0.385. The van der Waals surface area contributed by atoms with Crippen LogP contribution in [0.5, 0.6) is 5.75 Å². The highest BCUT2D eigenvalue weighted by molar-refractivity contribution is 9.10. The van der Waals surface area contributed by atoms with Crippen LogP contribution in [0, 0.1) is 12.3 Å². The van der Waals surface area contributed by atoms with E-state index in [2.05, 4.69) is 26.6 Å². The monoisotopic (exact) mass is 345 g/mol. The zero-order valence-corrected chi connectivity index (χ0v) is 13.2. The average molecular weight is 346 g/mol. The van der Waals surface area contributed by atoms with Gasteiger partial charge in [-0.05, 0) is 24.6 Å². The van der Waals surface area contributed by atoms with Gasteiger partial charge in [0.1, 0.15) is 10.6 Å². The highest BCUT2D eigenvalue weighted by atomic mass is 79.9. The van der Waals surface area contributed by atoms with Gasteiger partial charge in [0.15, 0.2) is 0 Å². The standard InChI is InChI=1S/C13H16BrNO3S/c1-4-6-11(5-2)15-19(16,17)13-9-10(14)7-8-12(13)18-3/h2,7-9,11,15H,4,6H2,1,3H3. The molecule has 104 valence electrons. The lowest BCUT2D eigenvalue weighted by molar-refractivity contribution is 0.402. The first-order valence-corrected chi connectivity index (χ1v) is 8.04. The molecule has 0 radical (unpaired) electrons. The van der Waals surface area contributed by atoms with Gasteiger partial charge in [-0.1, -0.05) is 35.2 Å². The van der Waals surface area contributed by atoms with Crippen molar-refractivity contribution in [1.29, 1.82) is 0 Å². The summed E-state index contributed by atoms with van der Waals surface area (Å²) in [4.78, 5) is 0.0701. The van der Waals surface area contributed by atoms with Crippen molar-refractivity contribution in [2.75, 3.05) is 7.11 Å². The molecular weight excluding hydrogens is 330 g/mol. The van der Waals surface area contributed by atoms with Crippen molar-refractivity contribution in [2.45, 2.75) is 30.7 Å². The van der Waals surface area contributed by atoms with Crippen molar-refractivity contribution in [3.63, 3.8) is 0 Å². The van der Waals surface area contributed by atoms with Crippen LogP contribution in [0.2, 0.25) is 0 Å². The lowest BCUT2D eigenvalue weighted by atomic mass is 10.2. The first kappa shape index (κ1) is 16.0. The molecule has 0 aliphatic rings. The minimum atomic E-state index is -3.71. The van der Waals surface area contributed by atoms with Crippen molar-refractivity contribution >= 4 is 26.0 Å². The average Bonchev–Trinajstić information content (AvgIpc) is 2.38. The molecule has 1 N–H and O–H groups in total. The van der Waals surface area contributed by atoms with Crippen LogP contribution in [0.15, 0.2) is 27.6 Å². The molecule has 6 heteroatoms. The number of rotatable bonds is 6. The Morgan fingerprint density at radius 2 is 2.21 bits per heavy atom. The van der Waals surface area contributed by atoms with Crippen LogP contribution in [0.25, 0.3) is 0 Å². The van der Waals surface area contributed by atoms with Gasteiger partial charge in [0.05, 0.1) is 13.2 Å². The van der Waals surface area contributed by atoms with E-state index in [1.807, 2.05) is 6.92 Å². The summed E-state index contributed by atoms with van der Waals surface area (Å²) in [6.07, 6.45) is 6.72. The summed E-state index contributed by atoms with van der Waals surface area (Å²) in [7, 11) is -2.28. The summed E-state index contributed by atoms with van der Waals surface area (Å²) in [6, 6.07) is 4.27. The first-order chi connectivity index (χ1) is 8.94. The Labute approximate surface area is 122 Å². The largest absolute Gasteiger partial charge is 0.495 e. The van der Waals surface area contributed by atoms with Crippen molar-refractivity contribution < 1.29 is 13.2 Å². The molecule has 0 aliphatic heterocycles. The van der Waals surface area contributed by atoms with E-state index in [0.717, 1.165) is 6.42 Å². The van der Waals surface area contributed by atoms with Gasteiger partial charge in [-0.25, -0.2) is 8.42 Å². The van der Waals surface area contributed by atoms with Crippen molar-refractivity contribution in [2.24, 2.45) is 0 Å². The topological polar surface area (TPSA) is 55.4 Å². The van der Waals surface area contributed by atoms with Gasteiger partial charge in [-0.2, -0.15) is 4.72 Å². The molecule has 0 aromatic heterocycles. The zero-order valence-electron chi connectivity index (χ0n) is 10.8. The third-order valence-corrected chi connectivity index (χ3v) is 4.48. The summed E-state index contributed by atoms with van der Waals surface area (Å²) in [5.74, 6) is 2.72. The summed E-state index contributed by atoms with van der Waals surface area (Å²) < 4.78 is 32.8. The van der Waals surface area contributed by atoms with Gasteiger partial charge in [-0.3, -0.25) is 0 Å². The molecule has 0 amide bonds. The number of sulfonamides is 1. The van der Waals surface area contributed by atoms with Crippen LogP contribution in [0.1, 0.15) is 19.8 Å². The van der Waals surface area contributed by atoms with E-state index in [9.17, 15) is 8.42 Å². The third-order valence-electron chi connectivity index (χ3n) is 2.49. The van der Waals surface area contributed by atoms with Crippen LogP contribution in [-0.4, -0.2) is 21.6 Å². The molecule has 0 spiro atoms. The molecule has 0 bridgehead atoms. The van der Waals surface area contributed by atoms with Crippen LogP contribution in [0.3, 0.4) is 0 Å². The summed E-state index contributed by atoms with van der Waals surface area (Å²) >= 11 is 3.24. The van der Waals surface area contributed by atoms with Crippen LogP contribution in [-0.2, 0) is 10.0 Å². The predicted octanol–water partition coefficient (Wildman–Crippen LogP) is 2.54. The summed E-state index contributed by atoms with van der Waals surface area (Å²) in [5, 5.41) is 0. The molecule has 0 saturated heterocycles. The summed E-state index contributed by atoms with van der Waals surface area (Å²) in [6.45, 7) is 1.94. The maximum atomic E-state index is 12.3. The van der Waals surface area contributed by atoms with Gasteiger partial charge in [0, 0.05) is 4.47 Å². The molecule has 1 unspecified atom stereocenters. The number of ether oxygens (including phenoxy) is 1. The molecule has 1 atom stereocenters. The van der Waals surface area contributed by atoms with Gasteiger partial charge in [0.25, 0.3) is 0 Å². The van der Waals surface area contributed by atoms with Crippen LogP contribution >= 0.6 is 15.9 Å². The second-order valence-electron chi connectivity index (χ2n) is 3.92. The van der Waals surface area contributed by atoms with Gasteiger partial charge in [0.2, 0.25) is 10.0 Å². The molecule has 4 nitrogen and oxygen atoms in total. The van der Waals surface area contributed by atoms with Gasteiger partial charge >= 0.3 is 0 Å². The quantitative estimate of drug-likeness (QED) is 0.806. The Balaban J connectivity index is 3.13. The van der Waals surface area contributed by atoms with E-state index in [0.29, 0.717) is 10.9 Å². The third kappa shape index (κ3) is 4.23. The van der Waals surface area contributed by atoms with E-state index in [1.165, 1.54) is 13.2 Å². The fourth-order valence-corrected chi connectivity index (χ4v) is 3.47. The van der Waals surface area contributed by atoms with E-state index in [-0.39, 0.29) is 10.6 Å². The van der Waals surface area contributed by atoms with Crippen molar-refractivity contribution in [1.82, 2.24) is 4.72 Å². The lowest BCUT2D eigenvalue weighted by Crippen LogP contribution is -2.33. The Morgan fingerprint density at radius 1 is 1.53 bits per heavy atom. The normalized spacial score (nSPS) is 12.7. The van der Waals surface area contributed by atoms with Crippen LogP contribution in [0.4, 0.5) is 0 Å². The molecule has 0 aliphatic carbocycles. The molecule has 1 aromatic carbocycles. The number of hydrogen-bond acceptors (Lipinski definition) is 3. The minimum Gasteiger partial charge on any atom is -0.495 e. The molecule has 0 saturated carbocycles. The lowest BCUT2D eigenvalue weighted by Gasteiger charge is -2.15. The smallest absolute Gasteiger partial charge is 0.245 e. The van der Waals surface area contributed by atoms with E-state index < -0.39 is 16.1 Å². The first-order valence-electron chi connectivity index (χ1n) is 5.76. The Kier molecular flexibility index (Phi) is 5.85. The molecule has 1 rings (SSSR count). The Bertz CT molecular complexity index is 578. The van der Waals surface area contributed by atoms with Gasteiger partial charge in [-0.15, -0.1) is 6.42 Å². The molecular formula is C13H16BrNO3S. The van der Waals surface area contributed by atoms with E-state index in [1.54, 1.807) is 12.1 Å². The summed E-state index contributed by atoms with van der Waals surface area (Å²) in [5.41, 5.74) is 0. The van der Waals surface area contributed by atoms with Gasteiger partial charge < -0.3 is 4.74 Å². The Morgan fingerprint density at radius 3 is 2.74 bits per heavy atom. The second-order valence-corrected chi connectivity index (χ2v) is 6.52. The van der Waals surface area contributed by atoms with E-state index in [4.69, 9.17) is 11.2 Å². The molecule has 0 fully saturated rings. The zero-order chi connectivity index (χ0) is 14.5. The van der Waals surface area contributed by atoms with Crippen molar-refractivity contribution in [3.8, 4) is 18.1 Å². The number of benzene rings is 1. The number of terminal acetylenes is 1. The number of hydrogen-bond donors (Lipinski definition) is 1. The maximum absolute atomic E-state index is 12.3. The fourth-order valence-electron chi connectivity index (χ4n) is 1.58. The highest BCUT2D eigenvalue weighted by Gasteiger charge is 2.22. The Hall–Kier alpha value is -1.03. The highest BCUT2D eigenvalue weighted by Crippen LogP contribution is 2.27. The second kappa shape index (κ2) is 6.94. The van der Waals surface area contributed by atoms with Crippen LogP contribution < -0.4 is 9.46 Å². The minimum absolute atomic E-state index is 0.0701. The molecule has 0 heterocycles. The number of nitrogens with one attached hydrogen (secondary N) is 1. The van der Waals surface area contributed by atoms with E-state index >= 15 is 0 Å². The SMILES string of the molecule is C#CC(CCC)NS(=O)(=O)c1cc(Br)ccc1OC. The maximum Gasteiger partial charge on any atom is 0.245 e. The van der Waals surface area contributed by atoms with Crippen molar-refractivity contribution in [3.05, 3.63) is 22.7 Å². The predicted molar refractivity (Wildman–Crippen MR) is 78.5 cm³/mol. The number of methoxy groups -OCH3 is 1. The molecule has 1 aromatic rings. The number of halogens is 1.